The van der Waals surface area contributed by atoms with Gasteiger partial charge in [-0.1, -0.05) is 13.8 Å². The number of aldehydes is 1. The molecule has 0 aliphatic carbocycles. The number of nitrogens with one attached hydrogen (secondary N) is 4. The maximum Gasteiger partial charge on any atom is 0.243 e. The van der Waals surface area contributed by atoms with Gasteiger partial charge in [-0.15, -0.1) is 0 Å². The van der Waals surface area contributed by atoms with Gasteiger partial charge < -0.3 is 43.3 Å². The largest absolute Gasteiger partial charge is 0.370 e. The fraction of sp³-hybridized carbons (Fsp3) is 0.682. The van der Waals surface area contributed by atoms with Gasteiger partial charge in [-0.05, 0) is 38.0 Å². The zero-order valence-corrected chi connectivity index (χ0v) is 20.7. The molecule has 202 valence electrons. The maximum absolute atomic E-state index is 13.1. The standard InChI is InChI=1S/C22H38N8O6/c1-12(2)10-13(11-31)27-19(34)14(4-3-9-26-22(24)25)29-21(36)16(5-7-17(23)32)30-20(35)15-6-8-18(33)28-15/h11-16H,3-10H2,1-2H3,(H2,23,32)(H,27,34)(H,28,33)(H,29,36)(H,30,35)(H4,24,25,26)/t13-,14-,15-,16-/m0/s1. The van der Waals surface area contributed by atoms with Crippen molar-refractivity contribution >= 4 is 41.8 Å². The first-order chi connectivity index (χ1) is 16.9. The van der Waals surface area contributed by atoms with Crippen molar-refractivity contribution in [3.8, 4) is 0 Å². The van der Waals surface area contributed by atoms with Crippen LogP contribution in [0.4, 0.5) is 0 Å². The van der Waals surface area contributed by atoms with Crippen LogP contribution in [0.1, 0.15) is 58.8 Å². The Labute approximate surface area is 209 Å². The van der Waals surface area contributed by atoms with E-state index in [1.165, 1.54) is 0 Å². The molecule has 14 heteroatoms. The van der Waals surface area contributed by atoms with Crippen LogP contribution in [-0.2, 0) is 28.8 Å². The number of carbonyl (C=O) groups excluding carboxylic acids is 6. The van der Waals surface area contributed by atoms with E-state index in [-0.39, 0.29) is 56.4 Å². The first-order valence-corrected chi connectivity index (χ1v) is 11.9. The predicted molar refractivity (Wildman–Crippen MR) is 131 cm³/mol. The van der Waals surface area contributed by atoms with E-state index in [1.54, 1.807) is 0 Å². The van der Waals surface area contributed by atoms with E-state index >= 15 is 0 Å². The van der Waals surface area contributed by atoms with Crippen LogP contribution in [0.2, 0.25) is 0 Å². The third-order valence-corrected chi connectivity index (χ3v) is 5.42. The van der Waals surface area contributed by atoms with Crippen molar-refractivity contribution < 1.29 is 28.8 Å². The highest BCUT2D eigenvalue weighted by atomic mass is 16.2. The first-order valence-electron chi connectivity index (χ1n) is 11.9. The monoisotopic (exact) mass is 510 g/mol. The molecule has 1 aliphatic heterocycles. The molecule has 0 aromatic rings. The molecule has 36 heavy (non-hydrogen) atoms. The van der Waals surface area contributed by atoms with Gasteiger partial charge in [-0.25, -0.2) is 0 Å². The minimum absolute atomic E-state index is 0.111. The summed E-state index contributed by atoms with van der Waals surface area (Å²) >= 11 is 0. The van der Waals surface area contributed by atoms with Crippen LogP contribution in [0.3, 0.4) is 0 Å². The van der Waals surface area contributed by atoms with Crippen LogP contribution in [0, 0.1) is 5.92 Å². The van der Waals surface area contributed by atoms with Crippen molar-refractivity contribution in [2.45, 2.75) is 83.0 Å². The lowest BCUT2D eigenvalue weighted by molar-refractivity contribution is -0.133. The number of hydrogen-bond acceptors (Lipinski definition) is 7. The summed E-state index contributed by atoms with van der Waals surface area (Å²) in [4.78, 5) is 76.6. The third kappa shape index (κ3) is 11.6. The van der Waals surface area contributed by atoms with E-state index in [0.717, 1.165) is 0 Å². The molecular weight excluding hydrogens is 472 g/mol. The zero-order chi connectivity index (χ0) is 27.3. The summed E-state index contributed by atoms with van der Waals surface area (Å²) < 4.78 is 0. The summed E-state index contributed by atoms with van der Waals surface area (Å²) in [6.45, 7) is 4.00. The average Bonchev–Trinajstić information content (AvgIpc) is 3.23. The van der Waals surface area contributed by atoms with Crippen molar-refractivity contribution in [2.24, 2.45) is 28.1 Å². The Kier molecular flexibility index (Phi) is 12.9. The molecule has 1 saturated heterocycles. The van der Waals surface area contributed by atoms with Crippen LogP contribution in [-0.4, -0.2) is 72.5 Å². The number of hydrogen-bond donors (Lipinski definition) is 7. The molecule has 0 spiro atoms. The van der Waals surface area contributed by atoms with Crippen molar-refractivity contribution in [3.63, 3.8) is 0 Å². The molecule has 0 unspecified atom stereocenters. The molecule has 1 aliphatic rings. The SMILES string of the molecule is CC(C)C[C@@H](C=O)NC(=O)[C@H](CCCN=C(N)N)NC(=O)[C@H](CCC(N)=O)NC(=O)[C@@H]1CCC(=O)N1. The second kappa shape index (κ2) is 15.3. The van der Waals surface area contributed by atoms with Gasteiger partial charge in [0, 0.05) is 19.4 Å². The third-order valence-electron chi connectivity index (χ3n) is 5.42. The molecule has 1 fully saturated rings. The van der Waals surface area contributed by atoms with Gasteiger partial charge in [0.2, 0.25) is 29.5 Å². The van der Waals surface area contributed by atoms with Crippen molar-refractivity contribution in [3.05, 3.63) is 0 Å². The number of aliphatic imine (C=N–C) groups is 1. The number of primary amides is 1. The van der Waals surface area contributed by atoms with E-state index in [0.29, 0.717) is 19.1 Å². The normalized spacial score (nSPS) is 17.3. The maximum atomic E-state index is 13.1. The van der Waals surface area contributed by atoms with Gasteiger partial charge in [0.1, 0.15) is 24.4 Å². The number of amides is 5. The zero-order valence-electron chi connectivity index (χ0n) is 20.7. The minimum atomic E-state index is -1.19. The smallest absolute Gasteiger partial charge is 0.243 e. The van der Waals surface area contributed by atoms with Crippen molar-refractivity contribution in [1.82, 2.24) is 21.3 Å². The number of nitrogens with zero attached hydrogens (tertiary/aromatic N) is 1. The highest BCUT2D eigenvalue weighted by Gasteiger charge is 2.32. The minimum Gasteiger partial charge on any atom is -0.370 e. The molecule has 1 heterocycles. The number of rotatable bonds is 16. The Balaban J connectivity index is 2.97. The molecule has 0 aromatic heterocycles. The Morgan fingerprint density at radius 3 is 2.22 bits per heavy atom. The highest BCUT2D eigenvalue weighted by Crippen LogP contribution is 2.09. The van der Waals surface area contributed by atoms with E-state index in [4.69, 9.17) is 17.2 Å². The molecule has 0 aromatic carbocycles. The van der Waals surface area contributed by atoms with Crippen LogP contribution >= 0.6 is 0 Å². The Morgan fingerprint density at radius 1 is 1.06 bits per heavy atom. The summed E-state index contributed by atoms with van der Waals surface area (Å²) in [6.07, 6.45) is 1.65. The predicted octanol–water partition coefficient (Wildman–Crippen LogP) is -2.72. The molecule has 0 saturated carbocycles. The first kappa shape index (κ1) is 30.3. The summed E-state index contributed by atoms with van der Waals surface area (Å²) in [5.74, 6) is -2.83. The summed E-state index contributed by atoms with van der Waals surface area (Å²) in [5.41, 5.74) is 15.8. The second-order valence-corrected chi connectivity index (χ2v) is 9.12. The van der Waals surface area contributed by atoms with Gasteiger partial charge in [0.25, 0.3) is 0 Å². The van der Waals surface area contributed by atoms with Gasteiger partial charge in [0.15, 0.2) is 5.96 Å². The lowest BCUT2D eigenvalue weighted by Gasteiger charge is -2.25. The highest BCUT2D eigenvalue weighted by molar-refractivity contribution is 5.96. The molecule has 0 bridgehead atoms. The van der Waals surface area contributed by atoms with Crippen LogP contribution in [0.25, 0.3) is 0 Å². The van der Waals surface area contributed by atoms with Gasteiger partial charge in [-0.3, -0.25) is 29.0 Å². The number of carbonyl (C=O) groups is 6. The fourth-order valence-corrected chi connectivity index (χ4v) is 3.62. The average molecular weight is 511 g/mol. The summed E-state index contributed by atoms with van der Waals surface area (Å²) in [5, 5.41) is 10.2. The van der Waals surface area contributed by atoms with Crippen molar-refractivity contribution in [1.29, 1.82) is 0 Å². The molecular formula is C22H38N8O6. The second-order valence-electron chi connectivity index (χ2n) is 9.12. The fourth-order valence-electron chi connectivity index (χ4n) is 3.62. The van der Waals surface area contributed by atoms with Gasteiger partial charge >= 0.3 is 0 Å². The van der Waals surface area contributed by atoms with Crippen molar-refractivity contribution in [2.75, 3.05) is 6.54 Å². The number of guanidine groups is 1. The lowest BCUT2D eigenvalue weighted by atomic mass is 10.0. The lowest BCUT2D eigenvalue weighted by Crippen LogP contribution is -2.56. The van der Waals surface area contributed by atoms with Gasteiger partial charge in [0.05, 0.1) is 6.04 Å². The summed E-state index contributed by atoms with van der Waals surface area (Å²) in [6, 6.07) is -3.80. The Bertz CT molecular complexity index is 842. The van der Waals surface area contributed by atoms with Gasteiger partial charge in [-0.2, -0.15) is 0 Å². The van der Waals surface area contributed by atoms with E-state index in [2.05, 4.69) is 26.3 Å². The Hall–Kier alpha value is -3.71. The molecule has 10 N–H and O–H groups in total. The van der Waals surface area contributed by atoms with Crippen LogP contribution in [0.15, 0.2) is 4.99 Å². The Morgan fingerprint density at radius 2 is 1.69 bits per heavy atom. The van der Waals surface area contributed by atoms with Crippen LogP contribution in [0.5, 0.6) is 0 Å². The van der Waals surface area contributed by atoms with E-state index in [1.807, 2.05) is 13.8 Å². The summed E-state index contributed by atoms with van der Waals surface area (Å²) in [7, 11) is 0. The van der Waals surface area contributed by atoms with E-state index < -0.39 is 47.8 Å². The molecule has 0 radical (unpaired) electrons. The van der Waals surface area contributed by atoms with Crippen LogP contribution < -0.4 is 38.5 Å². The molecule has 4 atom stereocenters. The van der Waals surface area contributed by atoms with E-state index in [9.17, 15) is 28.8 Å². The molecule has 14 nitrogen and oxygen atoms in total. The quantitative estimate of drug-likeness (QED) is 0.0497. The number of nitrogens with two attached hydrogens (primary N) is 3. The topological polar surface area (TPSA) is 241 Å². The molecule has 1 rings (SSSR count). The molecule has 5 amide bonds.